The molecule has 0 aliphatic carbocycles. The van der Waals surface area contributed by atoms with E-state index in [4.69, 9.17) is 0 Å². The summed E-state index contributed by atoms with van der Waals surface area (Å²) in [4.78, 5) is 36.0. The van der Waals surface area contributed by atoms with E-state index in [0.717, 1.165) is 17.0 Å². The maximum Gasteiger partial charge on any atom is 0.325 e. The van der Waals surface area contributed by atoms with Gasteiger partial charge in [-0.1, -0.05) is 6.07 Å². The molecule has 3 rings (SSSR count). The predicted octanol–water partition coefficient (Wildman–Crippen LogP) is 0.500. The van der Waals surface area contributed by atoms with Gasteiger partial charge in [0.25, 0.3) is 0 Å². The summed E-state index contributed by atoms with van der Waals surface area (Å²) in [5.41, 5.74) is 0.611. The number of benzene rings is 1. The number of amides is 4. The Kier molecular flexibility index (Phi) is 6.49. The highest BCUT2D eigenvalue weighted by atomic mass is 35.5. The Balaban J connectivity index is 0.00000243. The number of nitrogens with one attached hydrogen (secondary N) is 3. The molecule has 0 bridgehead atoms. The van der Waals surface area contributed by atoms with Crippen molar-refractivity contribution in [3.8, 4) is 0 Å². The molecule has 10 heteroatoms. The van der Waals surface area contributed by atoms with Crippen LogP contribution in [0.4, 0.5) is 13.6 Å². The van der Waals surface area contributed by atoms with Gasteiger partial charge in [0.05, 0.1) is 0 Å². The average Bonchev–Trinajstić information content (AvgIpc) is 2.88. The molecule has 2 saturated heterocycles. The summed E-state index contributed by atoms with van der Waals surface area (Å²) in [6.45, 7) is 0.778. The number of hydrogen-bond acceptors (Lipinski definition) is 4. The van der Waals surface area contributed by atoms with Gasteiger partial charge in [-0.15, -0.1) is 12.4 Å². The summed E-state index contributed by atoms with van der Waals surface area (Å²) in [5.74, 6) is -2.87. The molecule has 3 N–H and O–H groups in total. The monoisotopic (exact) mass is 388 g/mol. The lowest BCUT2D eigenvalue weighted by atomic mass is 9.86. The highest BCUT2D eigenvalue weighted by molar-refractivity contribution is 6.03. The molecule has 142 valence electrons. The van der Waals surface area contributed by atoms with Gasteiger partial charge in [0, 0.05) is 18.5 Å². The van der Waals surface area contributed by atoms with Gasteiger partial charge in [0.15, 0.2) is 11.6 Å². The first kappa shape index (κ1) is 20.1. The van der Waals surface area contributed by atoms with Crippen molar-refractivity contribution in [2.45, 2.75) is 18.4 Å². The number of rotatable bonds is 4. The van der Waals surface area contributed by atoms with Crippen LogP contribution in [0.2, 0.25) is 0 Å². The summed E-state index contributed by atoms with van der Waals surface area (Å²) >= 11 is 0. The number of carbonyl (C=O) groups excluding carboxylic acids is 3. The smallest absolute Gasteiger partial charge is 0.325 e. The van der Waals surface area contributed by atoms with Crippen LogP contribution in [0, 0.1) is 11.6 Å². The second-order valence-electron chi connectivity index (χ2n) is 6.16. The lowest BCUT2D eigenvalue weighted by molar-refractivity contribution is -0.122. The lowest BCUT2D eigenvalue weighted by Crippen LogP contribution is -2.52. The summed E-state index contributed by atoms with van der Waals surface area (Å²) in [6.07, 6.45) is 0.651. The van der Waals surface area contributed by atoms with Crippen LogP contribution in [-0.2, 0) is 9.59 Å². The van der Waals surface area contributed by atoms with Crippen molar-refractivity contribution in [3.63, 3.8) is 0 Å². The molecule has 2 heterocycles. The van der Waals surface area contributed by atoms with Gasteiger partial charge in [-0.2, -0.15) is 0 Å². The van der Waals surface area contributed by atoms with Gasteiger partial charge < -0.3 is 15.5 Å². The molecule has 0 spiro atoms. The molecule has 0 radical (unpaired) electrons. The van der Waals surface area contributed by atoms with E-state index in [2.05, 4.69) is 16.0 Å². The number of nitrogens with zero attached hydrogens (tertiary/aromatic N) is 1. The first-order valence-corrected chi connectivity index (χ1v) is 7.98. The van der Waals surface area contributed by atoms with Crippen LogP contribution >= 0.6 is 12.4 Å². The van der Waals surface area contributed by atoms with Gasteiger partial charge in [-0.3, -0.25) is 14.9 Å². The zero-order valence-electron chi connectivity index (χ0n) is 13.8. The standard InChI is InChI=1S/C16H18F2N4O3.ClH/c17-11-2-1-9(5-12(11)18)10-3-4-19-6-13(10)20-14(23)7-22-8-15(24)21-16(22)25;/h1-2,5,10,13,19H,3-4,6-8H2,(H,20,23)(H,21,24,25);1H. The van der Waals surface area contributed by atoms with Gasteiger partial charge in [-0.25, -0.2) is 13.6 Å². The Bertz CT molecular complexity index is 719. The molecule has 2 aliphatic rings. The number of hydrogen-bond donors (Lipinski definition) is 3. The van der Waals surface area contributed by atoms with Crippen molar-refractivity contribution in [3.05, 3.63) is 35.4 Å². The predicted molar refractivity (Wildman–Crippen MR) is 90.9 cm³/mol. The summed E-state index contributed by atoms with van der Waals surface area (Å²) in [6, 6.07) is 2.81. The Morgan fingerprint density at radius 1 is 1.27 bits per heavy atom. The number of halogens is 3. The fourth-order valence-corrected chi connectivity index (χ4v) is 3.19. The molecule has 0 aromatic heterocycles. The SMILES string of the molecule is Cl.O=C1CN(CC(=O)NC2CNCCC2c2ccc(F)c(F)c2)C(=O)N1. The summed E-state index contributed by atoms with van der Waals surface area (Å²) in [5, 5.41) is 8.06. The summed E-state index contributed by atoms with van der Waals surface area (Å²) < 4.78 is 26.7. The van der Waals surface area contributed by atoms with Crippen LogP contribution in [0.3, 0.4) is 0 Å². The molecule has 0 saturated carbocycles. The Morgan fingerprint density at radius 3 is 2.69 bits per heavy atom. The minimum Gasteiger partial charge on any atom is -0.350 e. The van der Waals surface area contributed by atoms with Crippen molar-refractivity contribution < 1.29 is 23.2 Å². The fourth-order valence-electron chi connectivity index (χ4n) is 3.19. The zero-order valence-corrected chi connectivity index (χ0v) is 14.6. The van der Waals surface area contributed by atoms with Crippen LogP contribution in [-0.4, -0.2) is 55.0 Å². The molecule has 2 fully saturated rings. The van der Waals surface area contributed by atoms with E-state index in [1.807, 2.05) is 0 Å². The number of imide groups is 1. The molecule has 4 amide bonds. The maximum absolute atomic E-state index is 13.5. The molecular weight excluding hydrogens is 370 g/mol. The third-order valence-corrected chi connectivity index (χ3v) is 4.40. The zero-order chi connectivity index (χ0) is 18.0. The Labute approximate surface area is 154 Å². The van der Waals surface area contributed by atoms with E-state index < -0.39 is 29.5 Å². The molecule has 2 unspecified atom stereocenters. The van der Waals surface area contributed by atoms with E-state index in [0.29, 0.717) is 25.1 Å². The van der Waals surface area contributed by atoms with Gasteiger partial charge in [0.2, 0.25) is 11.8 Å². The van der Waals surface area contributed by atoms with Crippen molar-refractivity contribution >= 4 is 30.3 Å². The van der Waals surface area contributed by atoms with Gasteiger partial charge in [-0.05, 0) is 30.7 Å². The third-order valence-electron chi connectivity index (χ3n) is 4.40. The van der Waals surface area contributed by atoms with Crippen LogP contribution in [0.15, 0.2) is 18.2 Å². The van der Waals surface area contributed by atoms with Crippen LogP contribution < -0.4 is 16.0 Å². The fraction of sp³-hybridized carbons (Fsp3) is 0.438. The van der Waals surface area contributed by atoms with E-state index in [-0.39, 0.29) is 37.5 Å². The second kappa shape index (κ2) is 8.41. The lowest BCUT2D eigenvalue weighted by Gasteiger charge is -2.33. The average molecular weight is 389 g/mol. The van der Waals surface area contributed by atoms with E-state index in [1.165, 1.54) is 6.07 Å². The van der Waals surface area contributed by atoms with Crippen molar-refractivity contribution in [2.75, 3.05) is 26.2 Å². The van der Waals surface area contributed by atoms with Gasteiger partial charge in [0.1, 0.15) is 13.1 Å². The normalized spacial score (nSPS) is 22.6. The highest BCUT2D eigenvalue weighted by Gasteiger charge is 2.31. The maximum atomic E-state index is 13.5. The molecule has 2 atom stereocenters. The number of piperidine rings is 1. The minimum atomic E-state index is -0.923. The molecule has 26 heavy (non-hydrogen) atoms. The first-order valence-electron chi connectivity index (χ1n) is 7.98. The highest BCUT2D eigenvalue weighted by Crippen LogP contribution is 2.27. The molecular formula is C16H19ClF2N4O3. The second-order valence-corrected chi connectivity index (χ2v) is 6.16. The molecule has 1 aromatic rings. The van der Waals surface area contributed by atoms with Crippen LogP contribution in [0.25, 0.3) is 0 Å². The first-order chi connectivity index (χ1) is 11.9. The van der Waals surface area contributed by atoms with Crippen molar-refractivity contribution in [1.82, 2.24) is 20.9 Å². The largest absolute Gasteiger partial charge is 0.350 e. The number of carbonyl (C=O) groups is 3. The quantitative estimate of drug-likeness (QED) is 0.655. The minimum absolute atomic E-state index is 0. The van der Waals surface area contributed by atoms with E-state index in [1.54, 1.807) is 0 Å². The van der Waals surface area contributed by atoms with Crippen LogP contribution in [0.1, 0.15) is 17.9 Å². The third kappa shape index (κ3) is 4.47. The van der Waals surface area contributed by atoms with Crippen molar-refractivity contribution in [1.29, 1.82) is 0 Å². The topological polar surface area (TPSA) is 90.5 Å². The number of urea groups is 1. The molecule has 2 aliphatic heterocycles. The Hall–Kier alpha value is -2.26. The molecule has 1 aromatic carbocycles. The van der Waals surface area contributed by atoms with E-state index >= 15 is 0 Å². The summed E-state index contributed by atoms with van der Waals surface area (Å²) in [7, 11) is 0. The van der Waals surface area contributed by atoms with Crippen molar-refractivity contribution in [2.24, 2.45) is 0 Å². The van der Waals surface area contributed by atoms with E-state index in [9.17, 15) is 23.2 Å². The van der Waals surface area contributed by atoms with Crippen LogP contribution in [0.5, 0.6) is 0 Å². The Morgan fingerprint density at radius 2 is 2.04 bits per heavy atom. The molecule has 7 nitrogen and oxygen atoms in total. The van der Waals surface area contributed by atoms with Gasteiger partial charge >= 0.3 is 6.03 Å².